The fraction of sp³-hybridized carbons (Fsp3) is 0.276. The Hall–Kier alpha value is -4.96. The summed E-state index contributed by atoms with van der Waals surface area (Å²) in [6, 6.07) is 7.21. The number of benzene rings is 2. The van der Waals surface area contributed by atoms with E-state index in [1.165, 1.54) is 38.1 Å². The van der Waals surface area contributed by atoms with Gasteiger partial charge in [0.2, 0.25) is 5.95 Å². The zero-order chi connectivity index (χ0) is 33.2. The third kappa shape index (κ3) is 6.76. The van der Waals surface area contributed by atoms with Crippen molar-refractivity contribution in [1.29, 1.82) is 0 Å². The molecule has 0 bridgehead atoms. The Morgan fingerprint density at radius 1 is 1.02 bits per heavy atom. The van der Waals surface area contributed by atoms with Gasteiger partial charge in [-0.05, 0) is 56.7 Å². The third-order valence-corrected chi connectivity index (χ3v) is 6.51. The molecule has 2 aromatic carbocycles. The van der Waals surface area contributed by atoms with Gasteiger partial charge in [0.1, 0.15) is 17.3 Å². The zero-order valence-corrected chi connectivity index (χ0v) is 23.9. The summed E-state index contributed by atoms with van der Waals surface area (Å²) in [4.78, 5) is 50.9. The van der Waals surface area contributed by atoms with Crippen LogP contribution >= 0.6 is 0 Å². The smallest absolute Gasteiger partial charge is 0.394 e. The lowest BCUT2D eigenvalue weighted by atomic mass is 9.99. The molecule has 0 aliphatic carbocycles. The van der Waals surface area contributed by atoms with Gasteiger partial charge in [-0.1, -0.05) is 12.1 Å². The fourth-order valence-corrected chi connectivity index (χ4v) is 4.30. The molecule has 1 amide bonds. The maximum absolute atomic E-state index is 14.9. The van der Waals surface area contributed by atoms with Crippen LogP contribution < -0.4 is 10.9 Å². The Morgan fingerprint density at radius 2 is 1.67 bits per heavy atom. The first-order chi connectivity index (χ1) is 21.2. The number of nitrogens with one attached hydrogen (secondary N) is 1. The van der Waals surface area contributed by atoms with Crippen LogP contribution in [0.1, 0.15) is 29.8 Å². The molecule has 2 heterocycles. The van der Waals surface area contributed by atoms with Gasteiger partial charge in [0.15, 0.2) is 5.65 Å². The highest BCUT2D eigenvalue weighted by molar-refractivity contribution is 5.98. The summed E-state index contributed by atoms with van der Waals surface area (Å²) in [5.41, 5.74) is -1.52. The molecule has 238 valence electrons. The molecule has 0 saturated heterocycles. The Morgan fingerprint density at radius 3 is 2.24 bits per heavy atom. The first kappa shape index (κ1) is 32.9. The average molecular weight is 636 g/mol. The van der Waals surface area contributed by atoms with Gasteiger partial charge < -0.3 is 20.4 Å². The Balaban J connectivity index is 1.98. The second kappa shape index (κ2) is 13.0. The molecule has 0 aliphatic rings. The standard InChI is InChI=1S/C29H26F5N5O6/c1-14(2)39(45-27(44)29(32,33)34)26(43)16-8-7-15(3)19(11-16)23-18-9-10-22(42)38(24-20(30)5-4-6-21(24)31)25(18)37-28(36-23)35-17(12-40)13-41/h4-11,14,17,40-41H,12-13H2,1-3H3,(H,35,36,37). The van der Waals surface area contributed by atoms with Crippen molar-refractivity contribution in [2.45, 2.75) is 39.0 Å². The number of anilines is 1. The molecule has 16 heteroatoms. The van der Waals surface area contributed by atoms with Crippen LogP contribution in [0.2, 0.25) is 0 Å². The first-order valence-electron chi connectivity index (χ1n) is 13.3. The van der Waals surface area contributed by atoms with Crippen LogP contribution in [-0.2, 0) is 9.63 Å². The topological polar surface area (TPSA) is 147 Å². The highest BCUT2D eigenvalue weighted by Crippen LogP contribution is 2.32. The van der Waals surface area contributed by atoms with Crippen LogP contribution in [-0.4, -0.2) is 73.2 Å². The molecule has 0 fully saturated rings. The molecule has 0 aliphatic heterocycles. The summed E-state index contributed by atoms with van der Waals surface area (Å²) in [5, 5.41) is 22.2. The van der Waals surface area contributed by atoms with Crippen LogP contribution in [0.4, 0.5) is 27.9 Å². The van der Waals surface area contributed by atoms with E-state index >= 15 is 0 Å². The van der Waals surface area contributed by atoms with Crippen molar-refractivity contribution in [3.8, 4) is 16.9 Å². The third-order valence-electron chi connectivity index (χ3n) is 6.51. The van der Waals surface area contributed by atoms with Gasteiger partial charge in [-0.25, -0.2) is 18.6 Å². The molecule has 2 aromatic heterocycles. The van der Waals surface area contributed by atoms with Crippen molar-refractivity contribution in [2.24, 2.45) is 0 Å². The highest BCUT2D eigenvalue weighted by Gasteiger charge is 2.44. The Kier molecular flexibility index (Phi) is 9.48. The summed E-state index contributed by atoms with van der Waals surface area (Å²) in [5.74, 6) is -6.18. The first-order valence-corrected chi connectivity index (χ1v) is 13.3. The molecule has 4 aromatic rings. The van der Waals surface area contributed by atoms with Crippen LogP contribution in [0.3, 0.4) is 0 Å². The number of hydrogen-bond donors (Lipinski definition) is 3. The average Bonchev–Trinajstić information content (AvgIpc) is 2.98. The van der Waals surface area contributed by atoms with Crippen molar-refractivity contribution in [1.82, 2.24) is 19.6 Å². The van der Waals surface area contributed by atoms with E-state index in [0.717, 1.165) is 24.3 Å². The number of carbonyl (C=O) groups excluding carboxylic acids is 2. The number of aliphatic hydroxyl groups is 2. The number of fused-ring (bicyclic) bond motifs is 1. The van der Waals surface area contributed by atoms with Crippen LogP contribution in [0.25, 0.3) is 28.0 Å². The monoisotopic (exact) mass is 635 g/mol. The number of aliphatic hydroxyl groups excluding tert-OH is 2. The number of alkyl halides is 3. The summed E-state index contributed by atoms with van der Waals surface area (Å²) < 4.78 is 69.2. The van der Waals surface area contributed by atoms with Crippen molar-refractivity contribution in [3.05, 3.63) is 81.6 Å². The van der Waals surface area contributed by atoms with E-state index in [0.29, 0.717) is 10.1 Å². The number of halogens is 5. The van der Waals surface area contributed by atoms with Gasteiger partial charge in [0.05, 0.1) is 31.0 Å². The summed E-state index contributed by atoms with van der Waals surface area (Å²) in [6.45, 7) is 3.09. The number of carbonyl (C=O) groups is 2. The predicted molar refractivity (Wildman–Crippen MR) is 150 cm³/mol. The lowest BCUT2D eigenvalue weighted by molar-refractivity contribution is -0.232. The molecule has 0 radical (unpaired) electrons. The van der Waals surface area contributed by atoms with Gasteiger partial charge >= 0.3 is 12.1 Å². The number of pyridine rings is 1. The van der Waals surface area contributed by atoms with E-state index in [1.807, 2.05) is 0 Å². The lowest BCUT2D eigenvalue weighted by Crippen LogP contribution is -2.42. The number of hydroxylamine groups is 2. The normalized spacial score (nSPS) is 11.7. The van der Waals surface area contributed by atoms with Crippen molar-refractivity contribution in [2.75, 3.05) is 18.5 Å². The number of rotatable bonds is 8. The molecule has 0 spiro atoms. The number of hydrogen-bond acceptors (Lipinski definition) is 9. The zero-order valence-electron chi connectivity index (χ0n) is 23.9. The molecule has 3 N–H and O–H groups in total. The van der Waals surface area contributed by atoms with E-state index in [1.54, 1.807) is 6.92 Å². The quantitative estimate of drug-likeness (QED) is 0.195. The van der Waals surface area contributed by atoms with E-state index in [-0.39, 0.29) is 38.9 Å². The van der Waals surface area contributed by atoms with E-state index < -0.39 is 66.2 Å². The minimum Gasteiger partial charge on any atom is -0.394 e. The lowest BCUT2D eigenvalue weighted by Gasteiger charge is -2.25. The molecule has 11 nitrogen and oxygen atoms in total. The molecule has 0 atom stereocenters. The number of aromatic nitrogens is 3. The van der Waals surface area contributed by atoms with E-state index in [4.69, 9.17) is 0 Å². The van der Waals surface area contributed by atoms with Gasteiger partial charge in [-0.3, -0.25) is 14.2 Å². The minimum absolute atomic E-state index is 0.00170. The minimum atomic E-state index is -5.37. The second-order valence-electron chi connectivity index (χ2n) is 10.0. The maximum Gasteiger partial charge on any atom is 0.493 e. The van der Waals surface area contributed by atoms with Crippen LogP contribution in [0.15, 0.2) is 53.3 Å². The predicted octanol–water partition coefficient (Wildman–Crippen LogP) is 3.67. The molecule has 45 heavy (non-hydrogen) atoms. The van der Waals surface area contributed by atoms with Gasteiger partial charge in [-0.2, -0.15) is 23.2 Å². The van der Waals surface area contributed by atoms with E-state index in [2.05, 4.69) is 20.1 Å². The van der Waals surface area contributed by atoms with Crippen LogP contribution in [0.5, 0.6) is 0 Å². The highest BCUT2D eigenvalue weighted by atomic mass is 19.4. The Bertz CT molecular complexity index is 1800. The van der Waals surface area contributed by atoms with E-state index in [9.17, 15) is 46.5 Å². The van der Waals surface area contributed by atoms with Gasteiger partial charge in [0.25, 0.3) is 11.5 Å². The SMILES string of the molecule is Cc1ccc(C(=O)N(OC(=O)C(F)(F)F)C(C)C)cc1-c1nc(NC(CO)CO)nc2c1ccc(=O)n2-c1c(F)cccc1F. The molecular formula is C29H26F5N5O6. The van der Waals surface area contributed by atoms with Crippen molar-refractivity contribution < 1.29 is 46.6 Å². The number of amides is 1. The largest absolute Gasteiger partial charge is 0.493 e. The molecule has 0 unspecified atom stereocenters. The van der Waals surface area contributed by atoms with Crippen molar-refractivity contribution >= 4 is 28.9 Å². The molecular weight excluding hydrogens is 609 g/mol. The van der Waals surface area contributed by atoms with Gasteiger partial charge in [-0.15, -0.1) is 0 Å². The maximum atomic E-state index is 14.9. The Labute approximate surface area is 251 Å². The number of para-hydroxylation sites is 1. The van der Waals surface area contributed by atoms with Gasteiger partial charge in [0, 0.05) is 22.6 Å². The fourth-order valence-electron chi connectivity index (χ4n) is 4.30. The summed E-state index contributed by atoms with van der Waals surface area (Å²) in [7, 11) is 0. The number of nitrogens with zero attached hydrogens (tertiary/aromatic N) is 4. The van der Waals surface area contributed by atoms with Crippen LogP contribution in [0, 0.1) is 18.6 Å². The number of aryl methyl sites for hydroxylation is 1. The van der Waals surface area contributed by atoms with Crippen molar-refractivity contribution in [3.63, 3.8) is 0 Å². The molecule has 4 rings (SSSR count). The second-order valence-corrected chi connectivity index (χ2v) is 10.0. The summed E-state index contributed by atoms with van der Waals surface area (Å²) in [6.07, 6.45) is -5.37. The summed E-state index contributed by atoms with van der Waals surface area (Å²) >= 11 is 0. The molecule has 0 saturated carbocycles.